The topological polar surface area (TPSA) is 73.1 Å². The number of carbonyl (C=O) groups excluding carboxylic acids is 1. The van der Waals surface area contributed by atoms with Crippen LogP contribution >= 0.6 is 0 Å². The number of rotatable bonds is 5. The Labute approximate surface area is 168 Å². The van der Waals surface area contributed by atoms with Gasteiger partial charge in [0.1, 0.15) is 18.1 Å². The van der Waals surface area contributed by atoms with Crippen LogP contribution in [0.2, 0.25) is 0 Å². The first-order chi connectivity index (χ1) is 14.1. The third-order valence-corrected chi connectivity index (χ3v) is 5.04. The zero-order chi connectivity index (χ0) is 20.4. The lowest BCUT2D eigenvalue weighted by Gasteiger charge is -2.17. The maximum atomic E-state index is 14.3. The van der Waals surface area contributed by atoms with Crippen molar-refractivity contribution in [3.05, 3.63) is 59.9 Å². The molecule has 0 spiro atoms. The lowest BCUT2D eigenvalue weighted by atomic mass is 10.1. The lowest BCUT2D eigenvalue weighted by molar-refractivity contribution is 0.0759. The Morgan fingerprint density at radius 2 is 2.07 bits per heavy atom. The summed E-state index contributed by atoms with van der Waals surface area (Å²) >= 11 is 0. The van der Waals surface area contributed by atoms with Crippen molar-refractivity contribution in [2.75, 3.05) is 13.1 Å². The molecule has 7 nitrogen and oxygen atoms in total. The second-order valence-electron chi connectivity index (χ2n) is 6.98. The molecule has 0 radical (unpaired) electrons. The van der Waals surface area contributed by atoms with Gasteiger partial charge < -0.3 is 9.64 Å². The first-order valence-corrected chi connectivity index (χ1v) is 9.61. The number of carbonyl (C=O) groups is 1. The van der Waals surface area contributed by atoms with Crippen molar-refractivity contribution in [3.63, 3.8) is 0 Å². The number of hydrogen-bond acceptors (Lipinski definition) is 5. The molecule has 1 saturated heterocycles. The van der Waals surface area contributed by atoms with Gasteiger partial charge in [0.05, 0.1) is 17.9 Å². The number of likely N-dealkylation sites (tertiary alicyclic amines) is 1. The number of benzene rings is 1. The van der Waals surface area contributed by atoms with Gasteiger partial charge in [-0.3, -0.25) is 9.48 Å². The fourth-order valence-corrected chi connectivity index (χ4v) is 3.46. The van der Waals surface area contributed by atoms with Crippen LogP contribution in [0.15, 0.2) is 42.7 Å². The molecule has 8 heteroatoms. The number of amides is 1. The molecule has 3 heterocycles. The summed E-state index contributed by atoms with van der Waals surface area (Å²) in [4.78, 5) is 22.5. The van der Waals surface area contributed by atoms with Crippen LogP contribution in [-0.2, 0) is 13.5 Å². The van der Waals surface area contributed by atoms with E-state index >= 15 is 0 Å². The molecule has 1 fully saturated rings. The van der Waals surface area contributed by atoms with E-state index in [4.69, 9.17) is 4.74 Å². The van der Waals surface area contributed by atoms with E-state index in [-0.39, 0.29) is 17.9 Å². The Bertz CT molecular complexity index is 1020. The number of aromatic nitrogens is 4. The molecule has 1 aliphatic rings. The summed E-state index contributed by atoms with van der Waals surface area (Å²) < 4.78 is 21.6. The Morgan fingerprint density at radius 3 is 2.83 bits per heavy atom. The van der Waals surface area contributed by atoms with Crippen LogP contribution in [0, 0.1) is 5.82 Å². The first-order valence-electron chi connectivity index (χ1n) is 9.61. The van der Waals surface area contributed by atoms with Gasteiger partial charge in [-0.25, -0.2) is 4.98 Å². The molecular weight excluding hydrogens is 373 g/mol. The highest BCUT2D eigenvalue weighted by atomic mass is 19.1. The van der Waals surface area contributed by atoms with Crippen LogP contribution in [0.4, 0.5) is 4.39 Å². The van der Waals surface area contributed by atoms with E-state index in [9.17, 15) is 9.18 Å². The van der Waals surface area contributed by atoms with Gasteiger partial charge in [-0.15, -0.1) is 0 Å². The summed E-state index contributed by atoms with van der Waals surface area (Å²) in [6.07, 6.45) is 2.06. The van der Waals surface area contributed by atoms with Crippen molar-refractivity contribution in [1.29, 1.82) is 0 Å². The monoisotopic (exact) mass is 395 g/mol. The summed E-state index contributed by atoms with van der Waals surface area (Å²) in [5, 5.41) is 4.46. The van der Waals surface area contributed by atoms with Crippen molar-refractivity contribution in [3.8, 4) is 17.1 Å². The SMILES string of the molecule is CCc1ncnc(O[C@@H]2CCN(C(=O)c3cc(-c4ccccc4)nn3C)C2)c1F. The van der Waals surface area contributed by atoms with E-state index in [0.29, 0.717) is 37.3 Å². The maximum Gasteiger partial charge on any atom is 0.272 e. The number of hydrogen-bond donors (Lipinski definition) is 0. The first kappa shape index (κ1) is 19.0. The molecule has 1 aliphatic heterocycles. The van der Waals surface area contributed by atoms with Crippen molar-refractivity contribution in [2.24, 2.45) is 7.05 Å². The molecule has 29 heavy (non-hydrogen) atoms. The molecule has 4 rings (SSSR count). The van der Waals surface area contributed by atoms with E-state index in [1.54, 1.807) is 22.7 Å². The van der Waals surface area contributed by atoms with Gasteiger partial charge in [-0.2, -0.15) is 14.5 Å². The van der Waals surface area contributed by atoms with Crippen LogP contribution < -0.4 is 4.74 Å². The molecule has 0 aliphatic carbocycles. The summed E-state index contributed by atoms with van der Waals surface area (Å²) in [7, 11) is 1.76. The van der Waals surface area contributed by atoms with Gasteiger partial charge in [0.25, 0.3) is 11.8 Å². The van der Waals surface area contributed by atoms with E-state index in [1.807, 2.05) is 37.3 Å². The third kappa shape index (κ3) is 3.83. The molecule has 1 amide bonds. The van der Waals surface area contributed by atoms with Gasteiger partial charge >= 0.3 is 0 Å². The molecule has 150 valence electrons. The number of halogens is 1. The molecule has 1 aromatic carbocycles. The van der Waals surface area contributed by atoms with Crippen LogP contribution in [0.25, 0.3) is 11.3 Å². The van der Waals surface area contributed by atoms with E-state index in [0.717, 1.165) is 11.3 Å². The van der Waals surface area contributed by atoms with Crippen LogP contribution in [0.3, 0.4) is 0 Å². The van der Waals surface area contributed by atoms with Crippen LogP contribution in [-0.4, -0.2) is 49.7 Å². The van der Waals surface area contributed by atoms with Crippen molar-refractivity contribution in [1.82, 2.24) is 24.6 Å². The summed E-state index contributed by atoms with van der Waals surface area (Å²) in [5.41, 5.74) is 2.53. The Hall–Kier alpha value is -3.29. The van der Waals surface area contributed by atoms with Crippen LogP contribution in [0.5, 0.6) is 5.88 Å². The Balaban J connectivity index is 1.46. The van der Waals surface area contributed by atoms with Crippen molar-refractivity contribution >= 4 is 5.91 Å². The zero-order valence-corrected chi connectivity index (χ0v) is 16.4. The predicted molar refractivity (Wildman–Crippen MR) is 105 cm³/mol. The Kier molecular flexibility index (Phi) is 5.24. The Morgan fingerprint density at radius 1 is 1.28 bits per heavy atom. The molecule has 0 saturated carbocycles. The highest BCUT2D eigenvalue weighted by Gasteiger charge is 2.31. The van der Waals surface area contributed by atoms with Gasteiger partial charge in [0.15, 0.2) is 0 Å². The average molecular weight is 395 g/mol. The average Bonchev–Trinajstić information content (AvgIpc) is 3.36. The highest BCUT2D eigenvalue weighted by molar-refractivity contribution is 5.94. The van der Waals surface area contributed by atoms with Crippen LogP contribution in [0.1, 0.15) is 29.5 Å². The fourth-order valence-electron chi connectivity index (χ4n) is 3.46. The van der Waals surface area contributed by atoms with E-state index < -0.39 is 5.82 Å². The van der Waals surface area contributed by atoms with Crippen molar-refractivity contribution < 1.29 is 13.9 Å². The number of ether oxygens (including phenoxy) is 1. The van der Waals surface area contributed by atoms with E-state index in [1.165, 1.54) is 6.33 Å². The van der Waals surface area contributed by atoms with Gasteiger partial charge in [0.2, 0.25) is 5.82 Å². The predicted octanol–water partition coefficient (Wildman–Crippen LogP) is 2.87. The summed E-state index contributed by atoms with van der Waals surface area (Å²) in [6.45, 7) is 2.72. The van der Waals surface area contributed by atoms with Gasteiger partial charge in [0, 0.05) is 25.6 Å². The van der Waals surface area contributed by atoms with E-state index in [2.05, 4.69) is 15.1 Å². The molecule has 2 aromatic heterocycles. The third-order valence-electron chi connectivity index (χ3n) is 5.04. The summed E-state index contributed by atoms with van der Waals surface area (Å²) in [5.74, 6) is -0.701. The minimum atomic E-state index is -0.529. The van der Waals surface area contributed by atoms with Gasteiger partial charge in [-0.1, -0.05) is 37.3 Å². The molecule has 0 unspecified atom stereocenters. The maximum absolute atomic E-state index is 14.3. The smallest absolute Gasteiger partial charge is 0.272 e. The largest absolute Gasteiger partial charge is 0.470 e. The molecule has 1 atom stereocenters. The fraction of sp³-hybridized carbons (Fsp3) is 0.333. The number of nitrogens with zero attached hydrogens (tertiary/aromatic N) is 5. The quantitative estimate of drug-likeness (QED) is 0.664. The standard InChI is InChI=1S/C21H22FN5O2/c1-3-16-19(22)20(24-13-23-16)29-15-9-10-27(12-15)21(28)18-11-17(25-26(18)2)14-7-5-4-6-8-14/h4-8,11,13,15H,3,9-10,12H2,1-2H3/t15-/m1/s1. The zero-order valence-electron chi connectivity index (χ0n) is 16.4. The number of aryl methyl sites for hydroxylation is 2. The second kappa shape index (κ2) is 7.98. The second-order valence-corrected chi connectivity index (χ2v) is 6.98. The molecular formula is C21H22FN5O2. The normalized spacial score (nSPS) is 16.2. The molecule has 3 aromatic rings. The van der Waals surface area contributed by atoms with Gasteiger partial charge in [-0.05, 0) is 12.5 Å². The highest BCUT2D eigenvalue weighted by Crippen LogP contribution is 2.23. The summed E-state index contributed by atoms with van der Waals surface area (Å²) in [6, 6.07) is 11.5. The molecule has 0 N–H and O–H groups in total. The lowest BCUT2D eigenvalue weighted by Crippen LogP contribution is -2.32. The minimum Gasteiger partial charge on any atom is -0.470 e. The van der Waals surface area contributed by atoms with Crippen molar-refractivity contribution in [2.45, 2.75) is 25.9 Å². The molecule has 0 bridgehead atoms. The minimum absolute atomic E-state index is 0.0527.